The topological polar surface area (TPSA) is 63.1 Å². The summed E-state index contributed by atoms with van der Waals surface area (Å²) in [5.41, 5.74) is 5.38. The monoisotopic (exact) mass is 429 g/mol. The van der Waals surface area contributed by atoms with Gasteiger partial charge in [0.1, 0.15) is 0 Å². The second-order valence-corrected chi connectivity index (χ2v) is 9.21. The summed E-state index contributed by atoms with van der Waals surface area (Å²) in [6.45, 7) is 6.45. The number of hydrogen-bond donors (Lipinski definition) is 1. The molecule has 6 heteroatoms. The number of nitrogens with zero attached hydrogens (tertiary/aromatic N) is 4. The van der Waals surface area contributed by atoms with E-state index in [2.05, 4.69) is 39.5 Å². The largest absolute Gasteiger partial charge is 0.321 e. The lowest BCUT2D eigenvalue weighted by Crippen LogP contribution is -2.38. The third-order valence-corrected chi connectivity index (χ3v) is 7.07. The van der Waals surface area contributed by atoms with Crippen molar-refractivity contribution in [1.29, 1.82) is 0 Å². The molecule has 0 radical (unpaired) electrons. The van der Waals surface area contributed by atoms with E-state index in [4.69, 9.17) is 0 Å². The molecule has 1 fully saturated rings. The summed E-state index contributed by atoms with van der Waals surface area (Å²) >= 11 is 0. The smallest absolute Gasteiger partial charge is 0.278 e. The van der Waals surface area contributed by atoms with Crippen LogP contribution in [0.15, 0.2) is 48.5 Å². The maximum atomic E-state index is 12.9. The molecule has 1 aliphatic heterocycles. The number of rotatable bonds is 4. The van der Waals surface area contributed by atoms with E-state index in [0.29, 0.717) is 11.4 Å². The summed E-state index contributed by atoms with van der Waals surface area (Å²) < 4.78 is 0. The Balaban J connectivity index is 1.29. The second kappa shape index (κ2) is 8.87. The van der Waals surface area contributed by atoms with Crippen LogP contribution in [0.5, 0.6) is 0 Å². The van der Waals surface area contributed by atoms with Crippen molar-refractivity contribution in [3.05, 3.63) is 71.0 Å². The average molecular weight is 430 g/mol. The Morgan fingerprint density at radius 2 is 1.78 bits per heavy atom. The molecule has 32 heavy (non-hydrogen) atoms. The van der Waals surface area contributed by atoms with Crippen LogP contribution in [-0.4, -0.2) is 44.9 Å². The molecule has 5 rings (SSSR count). The van der Waals surface area contributed by atoms with Crippen molar-refractivity contribution in [2.45, 2.75) is 52.0 Å². The van der Waals surface area contributed by atoms with Gasteiger partial charge in [-0.3, -0.25) is 9.69 Å². The van der Waals surface area contributed by atoms with Crippen molar-refractivity contribution in [3.63, 3.8) is 0 Å². The number of hydrogen-bond acceptors (Lipinski definition) is 4. The first kappa shape index (κ1) is 20.9. The molecule has 1 aliphatic carbocycles. The average Bonchev–Trinajstić information content (AvgIpc) is 3.34. The van der Waals surface area contributed by atoms with E-state index in [1.54, 1.807) is 0 Å². The number of anilines is 1. The number of carbonyl (C=O) groups is 1. The molecule has 2 unspecified atom stereocenters. The van der Waals surface area contributed by atoms with E-state index in [1.807, 2.05) is 43.3 Å². The summed E-state index contributed by atoms with van der Waals surface area (Å²) in [7, 11) is 0. The van der Waals surface area contributed by atoms with Gasteiger partial charge < -0.3 is 5.32 Å². The highest BCUT2D eigenvalue weighted by molar-refractivity contribution is 6.03. The fraction of sp³-hybridized carbons (Fsp3) is 0.423. The Labute approximate surface area is 189 Å². The van der Waals surface area contributed by atoms with Gasteiger partial charge in [-0.2, -0.15) is 9.90 Å². The molecule has 6 nitrogen and oxygen atoms in total. The number of para-hydroxylation sites is 1. The van der Waals surface area contributed by atoms with Crippen LogP contribution < -0.4 is 5.32 Å². The molecule has 1 amide bonds. The van der Waals surface area contributed by atoms with Crippen molar-refractivity contribution in [2.24, 2.45) is 5.92 Å². The van der Waals surface area contributed by atoms with E-state index >= 15 is 0 Å². The van der Waals surface area contributed by atoms with Crippen molar-refractivity contribution < 1.29 is 4.79 Å². The van der Waals surface area contributed by atoms with Gasteiger partial charge in [-0.05, 0) is 73.9 Å². The zero-order valence-corrected chi connectivity index (χ0v) is 18.9. The van der Waals surface area contributed by atoms with E-state index < -0.39 is 0 Å². The molecule has 1 saturated carbocycles. The fourth-order valence-electron chi connectivity index (χ4n) is 5.28. The van der Waals surface area contributed by atoms with Gasteiger partial charge in [0.05, 0.1) is 11.4 Å². The number of aryl methyl sites for hydroxylation is 1. The van der Waals surface area contributed by atoms with Gasteiger partial charge in [0.25, 0.3) is 5.91 Å². The Morgan fingerprint density at radius 1 is 1.00 bits per heavy atom. The number of fused-ring (bicyclic) bond motifs is 1. The lowest BCUT2D eigenvalue weighted by molar-refractivity contribution is 0.102. The minimum absolute atomic E-state index is 0.223. The van der Waals surface area contributed by atoms with Crippen molar-refractivity contribution in [1.82, 2.24) is 19.9 Å². The second-order valence-electron chi connectivity index (χ2n) is 9.21. The van der Waals surface area contributed by atoms with Crippen LogP contribution in [0.2, 0.25) is 0 Å². The van der Waals surface area contributed by atoms with Gasteiger partial charge in [-0.25, -0.2) is 0 Å². The minimum Gasteiger partial charge on any atom is -0.321 e. The zero-order valence-electron chi connectivity index (χ0n) is 18.9. The van der Waals surface area contributed by atoms with Gasteiger partial charge in [-0.1, -0.05) is 37.6 Å². The summed E-state index contributed by atoms with van der Waals surface area (Å²) in [4.78, 5) is 17.2. The van der Waals surface area contributed by atoms with Crippen molar-refractivity contribution in [2.75, 3.05) is 18.4 Å². The van der Waals surface area contributed by atoms with Crippen LogP contribution in [0.4, 0.5) is 5.69 Å². The molecule has 0 spiro atoms. The molecule has 3 aromatic rings. The molecule has 0 saturated heterocycles. The van der Waals surface area contributed by atoms with E-state index in [0.717, 1.165) is 49.3 Å². The lowest BCUT2D eigenvalue weighted by Gasteiger charge is -2.30. The number of nitrogens with one attached hydrogen (secondary N) is 1. The highest BCUT2D eigenvalue weighted by Crippen LogP contribution is 2.31. The number of carbonyl (C=O) groups excluding carboxylic acids is 1. The molecule has 0 bridgehead atoms. The molecular formula is C26H31N5O. The number of benzene rings is 2. The van der Waals surface area contributed by atoms with E-state index in [1.165, 1.54) is 35.2 Å². The molecule has 166 valence electrons. The highest BCUT2D eigenvalue weighted by Gasteiger charge is 2.30. The summed E-state index contributed by atoms with van der Waals surface area (Å²) in [6, 6.07) is 16.7. The normalized spacial score (nSPS) is 21.2. The summed E-state index contributed by atoms with van der Waals surface area (Å²) in [5, 5.41) is 11.9. The van der Waals surface area contributed by atoms with E-state index in [9.17, 15) is 4.79 Å². The first-order valence-corrected chi connectivity index (χ1v) is 11.7. The van der Waals surface area contributed by atoms with Crippen molar-refractivity contribution in [3.8, 4) is 5.69 Å². The number of aromatic nitrogens is 3. The molecule has 2 aromatic carbocycles. The van der Waals surface area contributed by atoms with Crippen LogP contribution in [-0.2, 0) is 12.8 Å². The first-order chi connectivity index (χ1) is 15.6. The minimum atomic E-state index is -0.223. The molecule has 1 aromatic heterocycles. The van der Waals surface area contributed by atoms with Crippen LogP contribution in [0.3, 0.4) is 0 Å². The number of amides is 1. The zero-order chi connectivity index (χ0) is 22.1. The van der Waals surface area contributed by atoms with Gasteiger partial charge in [0.2, 0.25) is 0 Å². The van der Waals surface area contributed by atoms with Crippen LogP contribution in [0, 0.1) is 12.8 Å². The van der Waals surface area contributed by atoms with Gasteiger partial charge in [0.15, 0.2) is 5.69 Å². The SMILES string of the molecule is Cc1nn(-c2ccccc2)nc1C(=O)Nc1ccc2c(c1)CCN(C1CCCC1C)CC2. The summed E-state index contributed by atoms with van der Waals surface area (Å²) in [6.07, 6.45) is 6.17. The summed E-state index contributed by atoms with van der Waals surface area (Å²) in [5.74, 6) is 0.582. The highest BCUT2D eigenvalue weighted by atomic mass is 16.2. The third kappa shape index (κ3) is 4.19. The quantitative estimate of drug-likeness (QED) is 0.667. The van der Waals surface area contributed by atoms with Crippen LogP contribution >= 0.6 is 0 Å². The Morgan fingerprint density at radius 3 is 2.53 bits per heavy atom. The lowest BCUT2D eigenvalue weighted by atomic mass is 10.0. The maximum absolute atomic E-state index is 12.9. The van der Waals surface area contributed by atoms with E-state index in [-0.39, 0.29) is 5.91 Å². The van der Waals surface area contributed by atoms with Gasteiger partial charge in [0, 0.05) is 24.8 Å². The Hall–Kier alpha value is -2.99. The maximum Gasteiger partial charge on any atom is 0.278 e. The standard InChI is InChI=1S/C26H31N5O/c1-18-7-6-10-24(18)30-15-13-20-11-12-22(17-21(20)14-16-30)27-26(32)25-19(2)28-31(29-25)23-8-4-3-5-9-23/h3-5,8-9,11-12,17-18,24H,6-7,10,13-16H2,1-2H3,(H,27,32). The van der Waals surface area contributed by atoms with Gasteiger partial charge >= 0.3 is 0 Å². The molecule has 2 atom stereocenters. The first-order valence-electron chi connectivity index (χ1n) is 11.7. The Kier molecular flexibility index (Phi) is 5.79. The molecule has 1 N–H and O–H groups in total. The molecule has 2 heterocycles. The predicted molar refractivity (Wildman–Crippen MR) is 126 cm³/mol. The predicted octanol–water partition coefficient (Wildman–Crippen LogP) is 4.42. The van der Waals surface area contributed by atoms with Crippen molar-refractivity contribution >= 4 is 11.6 Å². The van der Waals surface area contributed by atoms with Crippen LogP contribution in [0.1, 0.15) is 53.5 Å². The van der Waals surface area contributed by atoms with Crippen LogP contribution in [0.25, 0.3) is 5.69 Å². The third-order valence-electron chi connectivity index (χ3n) is 7.07. The molecule has 2 aliphatic rings. The van der Waals surface area contributed by atoms with Gasteiger partial charge in [-0.15, -0.1) is 5.10 Å². The fourth-order valence-corrected chi connectivity index (χ4v) is 5.28. The Bertz CT molecular complexity index is 1110. The molecular weight excluding hydrogens is 398 g/mol.